The Kier molecular flexibility index (Phi) is 11.0. The van der Waals surface area contributed by atoms with Gasteiger partial charge in [0.1, 0.15) is 10.4 Å². The molecule has 0 aliphatic carbocycles. The minimum Gasteiger partial charge on any atom is -0.490 e. The van der Waals surface area contributed by atoms with Crippen LogP contribution in [-0.4, -0.2) is 45.5 Å². The third-order valence-electron chi connectivity index (χ3n) is 5.13. The number of carboxylic acid groups (broad SMARTS) is 1. The second-order valence-corrected chi connectivity index (χ2v) is 9.25. The van der Waals surface area contributed by atoms with Gasteiger partial charge in [-0.2, -0.15) is 0 Å². The Morgan fingerprint density at radius 1 is 1.12 bits per heavy atom. The van der Waals surface area contributed by atoms with Crippen molar-refractivity contribution in [1.82, 2.24) is 4.90 Å². The molecule has 1 unspecified atom stereocenters. The number of thioether (sulfide) groups is 1. The highest BCUT2D eigenvalue weighted by molar-refractivity contribution is 8.26. The average molecular weight is 480 g/mol. The van der Waals surface area contributed by atoms with Gasteiger partial charge < -0.3 is 14.6 Å². The normalized spacial score (nSPS) is 16.0. The van der Waals surface area contributed by atoms with Crippen LogP contribution < -0.4 is 9.47 Å². The Morgan fingerprint density at radius 3 is 2.50 bits per heavy atom. The van der Waals surface area contributed by atoms with E-state index in [1.807, 2.05) is 25.1 Å². The molecule has 1 amide bonds. The number of hydrogen-bond acceptors (Lipinski definition) is 6. The van der Waals surface area contributed by atoms with Gasteiger partial charge in [-0.25, -0.2) is 4.79 Å². The first-order valence-electron chi connectivity index (χ1n) is 11.3. The maximum atomic E-state index is 12.8. The van der Waals surface area contributed by atoms with E-state index >= 15 is 0 Å². The summed E-state index contributed by atoms with van der Waals surface area (Å²) in [5, 5.41) is 9.40. The van der Waals surface area contributed by atoms with Gasteiger partial charge in [0.2, 0.25) is 0 Å². The fourth-order valence-corrected chi connectivity index (χ4v) is 4.79. The number of carbonyl (C=O) groups is 2. The van der Waals surface area contributed by atoms with Crippen LogP contribution >= 0.6 is 24.0 Å². The first-order chi connectivity index (χ1) is 15.4. The number of amides is 1. The van der Waals surface area contributed by atoms with Gasteiger partial charge in [-0.3, -0.25) is 9.69 Å². The molecule has 1 saturated heterocycles. The highest BCUT2D eigenvalue weighted by Gasteiger charge is 2.39. The van der Waals surface area contributed by atoms with E-state index in [1.165, 1.54) is 30.6 Å². The fraction of sp³-hybridized carbons (Fsp3) is 0.542. The number of carbonyl (C=O) groups excluding carboxylic acids is 1. The topological polar surface area (TPSA) is 76.1 Å². The molecule has 0 spiro atoms. The van der Waals surface area contributed by atoms with E-state index in [4.69, 9.17) is 21.7 Å². The van der Waals surface area contributed by atoms with Crippen LogP contribution in [0, 0.1) is 0 Å². The van der Waals surface area contributed by atoms with Gasteiger partial charge in [-0.1, -0.05) is 76.0 Å². The molecule has 8 heteroatoms. The van der Waals surface area contributed by atoms with E-state index in [9.17, 15) is 14.7 Å². The van der Waals surface area contributed by atoms with Crippen molar-refractivity contribution in [1.29, 1.82) is 0 Å². The van der Waals surface area contributed by atoms with Crippen molar-refractivity contribution in [2.45, 2.75) is 71.8 Å². The molecule has 0 radical (unpaired) electrons. The minimum atomic E-state index is -1.06. The number of unbranched alkanes of at least 4 members (excludes halogenated alkanes) is 5. The third kappa shape index (κ3) is 7.24. The van der Waals surface area contributed by atoms with Crippen molar-refractivity contribution in [3.8, 4) is 11.5 Å². The SMILES string of the molecule is CCCCCCCCOc1ccc(C=C2SC(=S)N(C(CC)C(=O)O)C2=O)cc1OCC. The van der Waals surface area contributed by atoms with Crippen LogP contribution in [-0.2, 0) is 9.59 Å². The van der Waals surface area contributed by atoms with Crippen molar-refractivity contribution in [2.24, 2.45) is 0 Å². The molecule has 1 aromatic rings. The molecular weight excluding hydrogens is 446 g/mol. The number of hydrogen-bond donors (Lipinski definition) is 1. The van der Waals surface area contributed by atoms with Crippen LogP contribution in [0.2, 0.25) is 0 Å². The molecule has 32 heavy (non-hydrogen) atoms. The van der Waals surface area contributed by atoms with Crippen molar-refractivity contribution < 1.29 is 24.2 Å². The van der Waals surface area contributed by atoms with Gasteiger partial charge in [0, 0.05) is 0 Å². The van der Waals surface area contributed by atoms with Gasteiger partial charge in [0.25, 0.3) is 5.91 Å². The molecule has 2 rings (SSSR count). The summed E-state index contributed by atoms with van der Waals surface area (Å²) in [6, 6.07) is 4.59. The summed E-state index contributed by atoms with van der Waals surface area (Å²) in [6.45, 7) is 6.97. The number of aliphatic carboxylic acids is 1. The van der Waals surface area contributed by atoms with Gasteiger partial charge in [-0.15, -0.1) is 0 Å². The average Bonchev–Trinajstić information content (AvgIpc) is 3.03. The van der Waals surface area contributed by atoms with Crippen molar-refractivity contribution >= 4 is 46.3 Å². The second kappa shape index (κ2) is 13.5. The fourth-order valence-electron chi connectivity index (χ4n) is 3.43. The molecule has 6 nitrogen and oxygen atoms in total. The molecule has 1 atom stereocenters. The maximum absolute atomic E-state index is 12.8. The molecule has 1 aliphatic rings. The number of benzene rings is 1. The van der Waals surface area contributed by atoms with E-state index in [0.717, 1.165) is 30.2 Å². The molecule has 176 valence electrons. The Hall–Kier alpha value is -2.06. The third-order valence-corrected chi connectivity index (χ3v) is 6.46. The molecule has 1 fully saturated rings. The lowest BCUT2D eigenvalue weighted by molar-refractivity contribution is -0.145. The molecule has 1 aromatic carbocycles. The summed E-state index contributed by atoms with van der Waals surface area (Å²) < 4.78 is 11.9. The number of rotatable bonds is 14. The zero-order valence-corrected chi connectivity index (χ0v) is 20.7. The lowest BCUT2D eigenvalue weighted by atomic mass is 10.1. The van der Waals surface area contributed by atoms with E-state index < -0.39 is 12.0 Å². The van der Waals surface area contributed by atoms with Crippen molar-refractivity contribution in [3.63, 3.8) is 0 Å². The van der Waals surface area contributed by atoms with Crippen LogP contribution in [0.15, 0.2) is 23.1 Å². The number of ether oxygens (including phenoxy) is 2. The summed E-state index contributed by atoms with van der Waals surface area (Å²) in [5.74, 6) is -0.132. The molecular formula is C24H33NO5S2. The second-order valence-electron chi connectivity index (χ2n) is 7.57. The van der Waals surface area contributed by atoms with Gasteiger partial charge in [0.05, 0.1) is 18.1 Å². The molecule has 0 saturated carbocycles. The van der Waals surface area contributed by atoms with Gasteiger partial charge >= 0.3 is 5.97 Å². The zero-order valence-electron chi connectivity index (χ0n) is 19.1. The summed E-state index contributed by atoms with van der Waals surface area (Å²) in [5.41, 5.74) is 0.768. The van der Waals surface area contributed by atoms with Crippen molar-refractivity contribution in [3.05, 3.63) is 28.7 Å². The summed E-state index contributed by atoms with van der Waals surface area (Å²) in [6.07, 6.45) is 9.18. The van der Waals surface area contributed by atoms with Crippen molar-refractivity contribution in [2.75, 3.05) is 13.2 Å². The quantitative estimate of drug-likeness (QED) is 0.203. The highest BCUT2D eigenvalue weighted by atomic mass is 32.2. The first kappa shape index (κ1) is 26.2. The lowest BCUT2D eigenvalue weighted by Gasteiger charge is -2.21. The summed E-state index contributed by atoms with van der Waals surface area (Å²) >= 11 is 6.39. The Labute approximate surface area is 200 Å². The standard InChI is InChI=1S/C24H33NO5S2/c1-4-7-8-9-10-11-14-30-19-13-12-17(15-20(19)29-6-3)16-21-22(26)25(24(31)32-21)18(5-2)23(27)28/h12-13,15-16,18H,4-11,14H2,1-3H3,(H,27,28). The maximum Gasteiger partial charge on any atom is 0.326 e. The largest absolute Gasteiger partial charge is 0.490 e. The van der Waals surface area contributed by atoms with Crippen LogP contribution in [0.4, 0.5) is 0 Å². The monoisotopic (exact) mass is 479 g/mol. The number of carboxylic acids is 1. The van der Waals surface area contributed by atoms with Crippen LogP contribution in [0.1, 0.15) is 71.3 Å². The van der Waals surface area contributed by atoms with Gasteiger partial charge in [0.15, 0.2) is 11.5 Å². The number of nitrogens with zero attached hydrogens (tertiary/aromatic N) is 1. The summed E-state index contributed by atoms with van der Waals surface area (Å²) in [4.78, 5) is 25.9. The molecule has 1 aliphatic heterocycles. The van der Waals surface area contributed by atoms with Crippen LogP contribution in [0.3, 0.4) is 0 Å². The van der Waals surface area contributed by atoms with E-state index in [-0.39, 0.29) is 16.6 Å². The molecule has 1 N–H and O–H groups in total. The highest BCUT2D eigenvalue weighted by Crippen LogP contribution is 2.36. The van der Waals surface area contributed by atoms with E-state index in [0.29, 0.717) is 29.6 Å². The van der Waals surface area contributed by atoms with Crippen LogP contribution in [0.25, 0.3) is 6.08 Å². The number of thiocarbonyl (C=S) groups is 1. The smallest absolute Gasteiger partial charge is 0.326 e. The zero-order chi connectivity index (χ0) is 23.5. The summed E-state index contributed by atoms with van der Waals surface area (Å²) in [7, 11) is 0. The first-order valence-corrected chi connectivity index (χ1v) is 12.5. The van der Waals surface area contributed by atoms with Gasteiger partial charge in [-0.05, 0) is 43.5 Å². The van der Waals surface area contributed by atoms with E-state index in [1.54, 1.807) is 13.0 Å². The predicted octanol–water partition coefficient (Wildman–Crippen LogP) is 5.89. The van der Waals surface area contributed by atoms with Crippen LogP contribution in [0.5, 0.6) is 11.5 Å². The minimum absolute atomic E-state index is 0.263. The Balaban J connectivity index is 2.08. The molecule has 1 heterocycles. The molecule has 0 aromatic heterocycles. The van der Waals surface area contributed by atoms with E-state index in [2.05, 4.69) is 6.92 Å². The Bertz CT molecular complexity index is 840. The lowest BCUT2D eigenvalue weighted by Crippen LogP contribution is -2.43. The Morgan fingerprint density at radius 2 is 1.84 bits per heavy atom. The molecule has 0 bridgehead atoms. The predicted molar refractivity (Wildman–Crippen MR) is 133 cm³/mol.